The van der Waals surface area contributed by atoms with Crippen molar-refractivity contribution >= 4 is 6.03 Å². The highest BCUT2D eigenvalue weighted by Gasteiger charge is 2.14. The molecule has 1 N–H and O–H groups in total. The van der Waals surface area contributed by atoms with Gasteiger partial charge in [-0.25, -0.2) is 4.79 Å². The molecule has 0 saturated carbocycles. The van der Waals surface area contributed by atoms with Crippen LogP contribution in [-0.4, -0.2) is 24.0 Å². The molecule has 0 aromatic rings. The number of rotatable bonds is 5. The molecule has 0 spiro atoms. The maximum Gasteiger partial charge on any atom is 0.321 e. The normalized spacial score (nSPS) is 11.4. The van der Waals surface area contributed by atoms with Crippen LogP contribution in [-0.2, 0) is 0 Å². The lowest BCUT2D eigenvalue weighted by Gasteiger charge is -2.25. The number of carbonyl (C=O) groups excluding carboxylic acids is 1. The molecule has 0 radical (unpaired) electrons. The van der Waals surface area contributed by atoms with E-state index < -0.39 is 0 Å². The van der Waals surface area contributed by atoms with E-state index in [2.05, 4.69) is 33.0 Å². The Labute approximate surface area is 93.5 Å². The summed E-state index contributed by atoms with van der Waals surface area (Å²) in [5, 5.41) is 2.75. The molecule has 0 bridgehead atoms. The van der Waals surface area contributed by atoms with E-state index in [1.165, 1.54) is 0 Å². The van der Waals surface area contributed by atoms with Crippen LogP contribution in [0.5, 0.6) is 0 Å². The van der Waals surface area contributed by atoms with E-state index in [4.69, 9.17) is 0 Å². The van der Waals surface area contributed by atoms with Gasteiger partial charge in [0.2, 0.25) is 0 Å². The van der Waals surface area contributed by atoms with Gasteiger partial charge in [0.05, 0.1) is 0 Å². The molecule has 0 rings (SSSR count). The number of hydrogen-bond acceptors (Lipinski definition) is 1. The molecule has 0 heterocycles. The second kappa shape index (κ2) is 7.32. The first-order valence-corrected chi connectivity index (χ1v) is 5.64. The van der Waals surface area contributed by atoms with Gasteiger partial charge in [-0.1, -0.05) is 33.8 Å². The monoisotopic (exact) mass is 212 g/mol. The van der Waals surface area contributed by atoms with Crippen LogP contribution in [0.25, 0.3) is 0 Å². The van der Waals surface area contributed by atoms with Gasteiger partial charge >= 0.3 is 6.03 Å². The van der Waals surface area contributed by atoms with E-state index in [9.17, 15) is 4.79 Å². The Morgan fingerprint density at radius 2 is 1.67 bits per heavy atom. The van der Waals surface area contributed by atoms with Crippen LogP contribution < -0.4 is 5.32 Å². The highest BCUT2D eigenvalue weighted by molar-refractivity contribution is 5.75. The fourth-order valence-electron chi connectivity index (χ4n) is 1.37. The SMILES string of the molecule is C/C=C/NC(=O)N(CC(C)C)CC(C)C. The molecule has 0 aliphatic heterocycles. The lowest BCUT2D eigenvalue weighted by Crippen LogP contribution is -2.41. The minimum absolute atomic E-state index is 0.00417. The Hall–Kier alpha value is -0.990. The van der Waals surface area contributed by atoms with Gasteiger partial charge in [0.1, 0.15) is 0 Å². The highest BCUT2D eigenvalue weighted by atomic mass is 16.2. The Morgan fingerprint density at radius 1 is 1.20 bits per heavy atom. The van der Waals surface area contributed by atoms with Crippen molar-refractivity contribution in [1.82, 2.24) is 10.2 Å². The molecule has 0 aromatic heterocycles. The number of nitrogens with zero attached hydrogens (tertiary/aromatic N) is 1. The molecule has 0 aliphatic carbocycles. The van der Waals surface area contributed by atoms with Crippen molar-refractivity contribution in [2.75, 3.05) is 13.1 Å². The zero-order valence-corrected chi connectivity index (χ0v) is 10.6. The third kappa shape index (κ3) is 7.00. The maximum absolute atomic E-state index is 11.7. The lowest BCUT2D eigenvalue weighted by atomic mass is 10.1. The predicted molar refractivity (Wildman–Crippen MR) is 64.6 cm³/mol. The summed E-state index contributed by atoms with van der Waals surface area (Å²) in [6, 6.07) is -0.00417. The molecular formula is C12H24N2O. The molecule has 0 unspecified atom stereocenters. The van der Waals surface area contributed by atoms with E-state index in [0.29, 0.717) is 11.8 Å². The molecule has 88 valence electrons. The maximum atomic E-state index is 11.7. The van der Waals surface area contributed by atoms with E-state index >= 15 is 0 Å². The number of carbonyl (C=O) groups is 1. The topological polar surface area (TPSA) is 32.3 Å². The summed E-state index contributed by atoms with van der Waals surface area (Å²) in [7, 11) is 0. The van der Waals surface area contributed by atoms with Crippen LogP contribution in [0.1, 0.15) is 34.6 Å². The minimum atomic E-state index is -0.00417. The number of hydrogen-bond donors (Lipinski definition) is 1. The molecule has 0 atom stereocenters. The van der Waals surface area contributed by atoms with Gasteiger partial charge in [0.25, 0.3) is 0 Å². The van der Waals surface area contributed by atoms with Gasteiger partial charge in [-0.2, -0.15) is 0 Å². The molecule has 0 aliphatic rings. The van der Waals surface area contributed by atoms with Crippen molar-refractivity contribution in [1.29, 1.82) is 0 Å². The van der Waals surface area contributed by atoms with Gasteiger partial charge < -0.3 is 10.2 Å². The van der Waals surface area contributed by atoms with Crippen molar-refractivity contribution in [2.45, 2.75) is 34.6 Å². The zero-order valence-electron chi connectivity index (χ0n) is 10.6. The number of amides is 2. The van der Waals surface area contributed by atoms with E-state index in [-0.39, 0.29) is 6.03 Å². The molecule has 0 fully saturated rings. The molecular weight excluding hydrogens is 188 g/mol. The van der Waals surface area contributed by atoms with Gasteiger partial charge in [-0.15, -0.1) is 0 Å². The molecule has 0 aromatic carbocycles. The second-order valence-corrected chi connectivity index (χ2v) is 4.64. The summed E-state index contributed by atoms with van der Waals surface area (Å²) in [5.41, 5.74) is 0. The van der Waals surface area contributed by atoms with Gasteiger partial charge in [-0.05, 0) is 18.8 Å². The summed E-state index contributed by atoms with van der Waals surface area (Å²) in [6.45, 7) is 12.0. The molecule has 2 amide bonds. The average molecular weight is 212 g/mol. The van der Waals surface area contributed by atoms with E-state index in [1.807, 2.05) is 17.9 Å². The summed E-state index contributed by atoms with van der Waals surface area (Å²) in [5.74, 6) is 1.00. The third-order valence-electron chi connectivity index (χ3n) is 1.83. The van der Waals surface area contributed by atoms with Crippen molar-refractivity contribution in [3.8, 4) is 0 Å². The fraction of sp³-hybridized carbons (Fsp3) is 0.750. The Morgan fingerprint density at radius 3 is 2.00 bits per heavy atom. The zero-order chi connectivity index (χ0) is 11.8. The minimum Gasteiger partial charge on any atom is -0.324 e. The lowest BCUT2D eigenvalue weighted by molar-refractivity contribution is 0.187. The van der Waals surface area contributed by atoms with Crippen LogP contribution in [0.15, 0.2) is 12.3 Å². The van der Waals surface area contributed by atoms with Crippen molar-refractivity contribution in [3.63, 3.8) is 0 Å². The smallest absolute Gasteiger partial charge is 0.321 e. The van der Waals surface area contributed by atoms with E-state index in [1.54, 1.807) is 6.20 Å². The predicted octanol–water partition coefficient (Wildman–Crippen LogP) is 2.84. The first-order chi connectivity index (χ1) is 6.97. The molecule has 3 heteroatoms. The van der Waals surface area contributed by atoms with Crippen LogP contribution in [0.2, 0.25) is 0 Å². The van der Waals surface area contributed by atoms with Crippen LogP contribution in [0, 0.1) is 11.8 Å². The number of urea groups is 1. The second-order valence-electron chi connectivity index (χ2n) is 4.64. The standard InChI is InChI=1S/C12H24N2O/c1-6-7-13-12(15)14(8-10(2)3)9-11(4)5/h6-7,10-11H,8-9H2,1-5H3,(H,13,15)/b7-6+. The average Bonchev–Trinajstić information content (AvgIpc) is 2.11. The van der Waals surface area contributed by atoms with Gasteiger partial charge in [-0.3, -0.25) is 0 Å². The summed E-state index contributed by atoms with van der Waals surface area (Å²) < 4.78 is 0. The Balaban J connectivity index is 4.26. The van der Waals surface area contributed by atoms with Crippen LogP contribution in [0.4, 0.5) is 4.79 Å². The van der Waals surface area contributed by atoms with Crippen molar-refractivity contribution in [3.05, 3.63) is 12.3 Å². The van der Waals surface area contributed by atoms with Gasteiger partial charge in [0, 0.05) is 19.3 Å². The quantitative estimate of drug-likeness (QED) is 0.746. The first kappa shape index (κ1) is 14.0. The fourth-order valence-corrected chi connectivity index (χ4v) is 1.37. The summed E-state index contributed by atoms with van der Waals surface area (Å²) in [6.07, 6.45) is 3.50. The Bertz CT molecular complexity index is 200. The van der Waals surface area contributed by atoms with Crippen molar-refractivity contribution in [2.24, 2.45) is 11.8 Å². The number of nitrogens with one attached hydrogen (secondary N) is 1. The summed E-state index contributed by atoms with van der Waals surface area (Å²) >= 11 is 0. The molecule has 0 saturated heterocycles. The van der Waals surface area contributed by atoms with Gasteiger partial charge in [0.15, 0.2) is 0 Å². The largest absolute Gasteiger partial charge is 0.324 e. The van der Waals surface area contributed by atoms with Crippen molar-refractivity contribution < 1.29 is 4.79 Å². The third-order valence-corrected chi connectivity index (χ3v) is 1.83. The Kier molecular flexibility index (Phi) is 6.84. The summed E-state index contributed by atoms with van der Waals surface area (Å²) in [4.78, 5) is 13.6. The van der Waals surface area contributed by atoms with Crippen LogP contribution >= 0.6 is 0 Å². The molecule has 15 heavy (non-hydrogen) atoms. The highest BCUT2D eigenvalue weighted by Crippen LogP contribution is 2.03. The molecule has 3 nitrogen and oxygen atoms in total. The first-order valence-electron chi connectivity index (χ1n) is 5.64. The van der Waals surface area contributed by atoms with E-state index in [0.717, 1.165) is 13.1 Å². The van der Waals surface area contributed by atoms with Crippen LogP contribution in [0.3, 0.4) is 0 Å². The number of allylic oxidation sites excluding steroid dienone is 1.